The van der Waals surface area contributed by atoms with E-state index in [1.54, 1.807) is 7.05 Å². The van der Waals surface area contributed by atoms with Crippen LogP contribution < -0.4 is 5.32 Å². The number of aryl methyl sites for hydroxylation is 1. The summed E-state index contributed by atoms with van der Waals surface area (Å²) < 4.78 is 1.43. The summed E-state index contributed by atoms with van der Waals surface area (Å²) in [4.78, 5) is 36.2. The normalized spacial score (nSPS) is 26.6. The van der Waals surface area contributed by atoms with Gasteiger partial charge in [0.25, 0.3) is 5.91 Å². The number of hydrogen-bond acceptors (Lipinski definition) is 8. The molecule has 2 aliphatic heterocycles. The standard InChI is InChI=1S/C11H12N6O4S2/c1-4-7(23-11-13-14-15-16(11)2)6(10(20)21)17-8(19)5(12-3-18)9(17)22-4/h3-5,9H,1-2H3,(H,12,18)(H,20,21)/t4?,5?,9-/m1/s1. The first-order valence-corrected chi connectivity index (χ1v) is 8.27. The molecule has 0 aliphatic carbocycles. The zero-order valence-corrected chi connectivity index (χ0v) is 13.7. The van der Waals surface area contributed by atoms with Gasteiger partial charge in [0.1, 0.15) is 17.1 Å². The summed E-state index contributed by atoms with van der Waals surface area (Å²) in [7, 11) is 1.64. The lowest BCUT2D eigenvalue weighted by molar-refractivity contribution is -0.149. The number of carbonyl (C=O) groups is 3. The molecule has 3 rings (SSSR count). The molecule has 2 N–H and O–H groups in total. The maximum Gasteiger partial charge on any atom is 0.353 e. The highest BCUT2D eigenvalue weighted by molar-refractivity contribution is 8.06. The molecular weight excluding hydrogens is 344 g/mol. The van der Waals surface area contributed by atoms with Crippen molar-refractivity contribution in [2.24, 2.45) is 7.05 Å². The number of nitrogens with one attached hydrogen (secondary N) is 1. The van der Waals surface area contributed by atoms with E-state index in [2.05, 4.69) is 20.8 Å². The van der Waals surface area contributed by atoms with E-state index in [9.17, 15) is 19.5 Å². The van der Waals surface area contributed by atoms with Crippen molar-refractivity contribution in [2.45, 2.75) is 28.7 Å². The molecule has 2 amide bonds. The second-order valence-electron chi connectivity index (χ2n) is 4.84. The lowest BCUT2D eigenvalue weighted by Gasteiger charge is -2.50. The number of carboxylic acid groups (broad SMARTS) is 1. The van der Waals surface area contributed by atoms with Gasteiger partial charge in [0.15, 0.2) is 0 Å². The second kappa shape index (κ2) is 5.85. The molecule has 1 saturated heterocycles. The Hall–Kier alpha value is -2.08. The third kappa shape index (κ3) is 2.47. The Kier molecular flexibility index (Phi) is 4.02. The van der Waals surface area contributed by atoms with Gasteiger partial charge in [0.2, 0.25) is 11.6 Å². The van der Waals surface area contributed by atoms with E-state index in [0.717, 1.165) is 11.8 Å². The van der Waals surface area contributed by atoms with Crippen molar-refractivity contribution >= 4 is 41.8 Å². The highest BCUT2D eigenvalue weighted by atomic mass is 32.2. The van der Waals surface area contributed by atoms with Gasteiger partial charge in [-0.15, -0.1) is 16.9 Å². The van der Waals surface area contributed by atoms with Crippen molar-refractivity contribution in [3.63, 3.8) is 0 Å². The van der Waals surface area contributed by atoms with Gasteiger partial charge in [0, 0.05) is 17.2 Å². The lowest BCUT2D eigenvalue weighted by Crippen LogP contribution is -2.70. The number of fused-ring (bicyclic) bond motifs is 1. The van der Waals surface area contributed by atoms with Gasteiger partial charge in [-0.2, -0.15) is 0 Å². The molecule has 0 aromatic carbocycles. The summed E-state index contributed by atoms with van der Waals surface area (Å²) in [6, 6.07) is -0.697. The molecule has 1 aromatic heterocycles. The van der Waals surface area contributed by atoms with Crippen LogP contribution in [0.2, 0.25) is 0 Å². The molecule has 0 bridgehead atoms. The molecule has 2 aliphatic rings. The van der Waals surface area contributed by atoms with Crippen LogP contribution in [0.3, 0.4) is 0 Å². The van der Waals surface area contributed by atoms with Crippen LogP contribution in [0.4, 0.5) is 0 Å². The van der Waals surface area contributed by atoms with Gasteiger partial charge in [0.05, 0.1) is 0 Å². The summed E-state index contributed by atoms with van der Waals surface area (Å²) in [6.07, 6.45) is 0.449. The van der Waals surface area contributed by atoms with Gasteiger partial charge in [-0.05, 0) is 29.1 Å². The highest BCUT2D eigenvalue weighted by Gasteiger charge is 2.55. The number of carboxylic acids is 1. The summed E-state index contributed by atoms with van der Waals surface area (Å²) in [5.41, 5.74) is -0.0804. The largest absolute Gasteiger partial charge is 0.477 e. The zero-order chi connectivity index (χ0) is 16.7. The van der Waals surface area contributed by atoms with Crippen molar-refractivity contribution in [2.75, 3.05) is 0 Å². The predicted octanol–water partition coefficient (Wildman–Crippen LogP) is -0.983. The fourth-order valence-corrected chi connectivity index (χ4v) is 4.93. The molecule has 12 heteroatoms. The van der Waals surface area contributed by atoms with Gasteiger partial charge in [-0.3, -0.25) is 14.5 Å². The molecular formula is C11H12N6O4S2. The molecule has 1 fully saturated rings. The molecule has 3 atom stereocenters. The number of tetrazole rings is 1. The smallest absolute Gasteiger partial charge is 0.353 e. The van der Waals surface area contributed by atoms with Crippen molar-refractivity contribution < 1.29 is 19.5 Å². The molecule has 10 nitrogen and oxygen atoms in total. The Morgan fingerprint density at radius 2 is 2.26 bits per heavy atom. The average Bonchev–Trinajstić information content (AvgIpc) is 2.91. The van der Waals surface area contributed by atoms with Crippen LogP contribution in [-0.4, -0.2) is 65.2 Å². The minimum atomic E-state index is -1.20. The quantitative estimate of drug-likeness (QED) is 0.504. The number of amides is 2. The van der Waals surface area contributed by atoms with Gasteiger partial charge < -0.3 is 10.4 Å². The number of rotatable bonds is 5. The van der Waals surface area contributed by atoms with E-state index in [1.807, 2.05) is 6.92 Å². The number of hydrogen-bond donors (Lipinski definition) is 2. The highest BCUT2D eigenvalue weighted by Crippen LogP contribution is 2.48. The summed E-state index contributed by atoms with van der Waals surface area (Å²) in [5.74, 6) is -1.63. The number of nitrogens with zero attached hydrogens (tertiary/aromatic N) is 5. The Morgan fingerprint density at radius 3 is 2.83 bits per heavy atom. The van der Waals surface area contributed by atoms with Crippen LogP contribution in [0.1, 0.15) is 6.92 Å². The minimum Gasteiger partial charge on any atom is -0.477 e. The number of β-lactam (4-membered cyclic amide) rings is 1. The van der Waals surface area contributed by atoms with Crippen molar-refractivity contribution in [1.29, 1.82) is 0 Å². The van der Waals surface area contributed by atoms with Gasteiger partial charge in [-0.25, -0.2) is 9.48 Å². The van der Waals surface area contributed by atoms with E-state index in [0.29, 0.717) is 16.5 Å². The van der Waals surface area contributed by atoms with Crippen molar-refractivity contribution in [3.05, 3.63) is 10.6 Å². The van der Waals surface area contributed by atoms with Crippen LogP contribution in [0.5, 0.6) is 0 Å². The lowest BCUT2D eigenvalue weighted by atomic mass is 10.1. The van der Waals surface area contributed by atoms with E-state index < -0.39 is 23.3 Å². The van der Waals surface area contributed by atoms with Crippen LogP contribution in [-0.2, 0) is 21.4 Å². The monoisotopic (exact) mass is 356 g/mol. The molecule has 3 heterocycles. The van der Waals surface area contributed by atoms with Crippen LogP contribution in [0.25, 0.3) is 0 Å². The molecule has 122 valence electrons. The average molecular weight is 356 g/mol. The van der Waals surface area contributed by atoms with E-state index in [4.69, 9.17) is 0 Å². The number of carbonyl (C=O) groups excluding carboxylic acids is 2. The first kappa shape index (κ1) is 15.8. The first-order chi connectivity index (χ1) is 11.0. The van der Waals surface area contributed by atoms with E-state index in [1.165, 1.54) is 21.3 Å². The summed E-state index contributed by atoms with van der Waals surface area (Å²) in [5, 5.41) is 22.9. The maximum atomic E-state index is 12.2. The number of aromatic nitrogens is 4. The topological polar surface area (TPSA) is 130 Å². The third-order valence-electron chi connectivity index (χ3n) is 3.46. The van der Waals surface area contributed by atoms with E-state index in [-0.39, 0.29) is 10.9 Å². The SMILES string of the molecule is CC1S[C@@H]2C(NC=O)C(=O)N2C(C(=O)O)=C1Sc1nnnn1C. The molecule has 1 aromatic rings. The second-order valence-corrected chi connectivity index (χ2v) is 7.32. The Bertz CT molecular complexity index is 719. The van der Waals surface area contributed by atoms with Crippen molar-refractivity contribution in [3.8, 4) is 0 Å². The summed E-state index contributed by atoms with van der Waals surface area (Å²) >= 11 is 2.53. The number of thioether (sulfide) groups is 2. The van der Waals surface area contributed by atoms with Crippen LogP contribution in [0, 0.1) is 0 Å². The van der Waals surface area contributed by atoms with Crippen LogP contribution >= 0.6 is 23.5 Å². The van der Waals surface area contributed by atoms with Crippen LogP contribution in [0.15, 0.2) is 15.8 Å². The third-order valence-corrected chi connectivity index (χ3v) is 6.31. The molecule has 23 heavy (non-hydrogen) atoms. The first-order valence-electron chi connectivity index (χ1n) is 6.51. The van der Waals surface area contributed by atoms with Gasteiger partial charge >= 0.3 is 5.97 Å². The van der Waals surface area contributed by atoms with E-state index >= 15 is 0 Å². The molecule has 0 saturated carbocycles. The molecule has 0 radical (unpaired) electrons. The molecule has 2 unspecified atom stereocenters. The van der Waals surface area contributed by atoms with Crippen molar-refractivity contribution in [1.82, 2.24) is 30.4 Å². The minimum absolute atomic E-state index is 0.0804. The predicted molar refractivity (Wildman–Crippen MR) is 80.0 cm³/mol. The summed E-state index contributed by atoms with van der Waals surface area (Å²) in [6.45, 7) is 1.85. The van der Waals surface area contributed by atoms with Gasteiger partial charge in [-0.1, -0.05) is 0 Å². The zero-order valence-electron chi connectivity index (χ0n) is 12.0. The molecule has 0 spiro atoms. The Balaban J connectivity index is 1.98. The fraction of sp³-hybridized carbons (Fsp3) is 0.455. The maximum absolute atomic E-state index is 12.2. The number of aliphatic carboxylic acids is 1. The fourth-order valence-electron chi connectivity index (χ4n) is 2.40. The Labute approximate surface area is 138 Å². The Morgan fingerprint density at radius 1 is 1.52 bits per heavy atom.